The van der Waals surface area contributed by atoms with E-state index in [1.165, 1.54) is 0 Å². The lowest BCUT2D eigenvalue weighted by atomic mass is 10.1. The van der Waals surface area contributed by atoms with Gasteiger partial charge in [-0.3, -0.25) is 14.5 Å². The van der Waals surface area contributed by atoms with E-state index in [2.05, 4.69) is 11.0 Å². The standard InChI is InChI=1S/C25H33N3O3/c1-26(2)25(30)22-7-4-6-21(18-22)19-27-14-5-15-28(17-16-27)24(29)13-10-20-8-11-23(31-3)12-9-20/h4,6-9,11-12,18H,5,10,13-17,19H2,1-3H3. The van der Waals surface area contributed by atoms with Crippen LogP contribution in [0.1, 0.15) is 34.3 Å². The summed E-state index contributed by atoms with van der Waals surface area (Å²) < 4.78 is 5.19. The van der Waals surface area contributed by atoms with Gasteiger partial charge in [-0.15, -0.1) is 0 Å². The van der Waals surface area contributed by atoms with Crippen molar-refractivity contribution in [2.24, 2.45) is 0 Å². The highest BCUT2D eigenvalue weighted by molar-refractivity contribution is 5.94. The van der Waals surface area contributed by atoms with Gasteiger partial charge in [0.25, 0.3) is 5.91 Å². The molecule has 1 fully saturated rings. The number of hydrogen-bond donors (Lipinski definition) is 0. The Morgan fingerprint density at radius 3 is 2.45 bits per heavy atom. The minimum Gasteiger partial charge on any atom is -0.497 e. The van der Waals surface area contributed by atoms with Crippen molar-refractivity contribution in [2.45, 2.75) is 25.8 Å². The molecule has 0 N–H and O–H groups in total. The summed E-state index contributed by atoms with van der Waals surface area (Å²) in [7, 11) is 5.19. The maximum absolute atomic E-state index is 12.7. The fourth-order valence-corrected chi connectivity index (χ4v) is 3.90. The molecule has 2 aromatic rings. The molecule has 3 rings (SSSR count). The quantitative estimate of drug-likeness (QED) is 0.687. The van der Waals surface area contributed by atoms with Gasteiger partial charge in [-0.25, -0.2) is 0 Å². The first-order chi connectivity index (χ1) is 15.0. The van der Waals surface area contributed by atoms with Gasteiger partial charge in [-0.05, 0) is 48.2 Å². The van der Waals surface area contributed by atoms with Crippen LogP contribution >= 0.6 is 0 Å². The van der Waals surface area contributed by atoms with Crippen LogP contribution in [0.15, 0.2) is 48.5 Å². The second kappa shape index (κ2) is 11.0. The van der Waals surface area contributed by atoms with Crippen LogP contribution in [-0.2, 0) is 17.8 Å². The van der Waals surface area contributed by atoms with Crippen LogP contribution in [-0.4, -0.2) is 73.9 Å². The summed E-state index contributed by atoms with van der Waals surface area (Å²) in [6.45, 7) is 4.14. The molecule has 1 saturated heterocycles. The topological polar surface area (TPSA) is 53.1 Å². The smallest absolute Gasteiger partial charge is 0.253 e. The number of amides is 2. The van der Waals surface area contributed by atoms with E-state index in [1.807, 2.05) is 47.4 Å². The minimum absolute atomic E-state index is 0.0198. The van der Waals surface area contributed by atoms with Gasteiger partial charge < -0.3 is 14.5 Å². The monoisotopic (exact) mass is 423 g/mol. The van der Waals surface area contributed by atoms with Gasteiger partial charge in [-0.2, -0.15) is 0 Å². The molecule has 0 aromatic heterocycles. The van der Waals surface area contributed by atoms with Crippen LogP contribution in [0.25, 0.3) is 0 Å². The molecule has 1 aliphatic rings. The Bertz CT molecular complexity index is 880. The van der Waals surface area contributed by atoms with E-state index in [-0.39, 0.29) is 11.8 Å². The van der Waals surface area contributed by atoms with Crippen molar-refractivity contribution in [1.29, 1.82) is 0 Å². The van der Waals surface area contributed by atoms with E-state index in [1.54, 1.807) is 26.1 Å². The largest absolute Gasteiger partial charge is 0.497 e. The highest BCUT2D eigenvalue weighted by Gasteiger charge is 2.19. The lowest BCUT2D eigenvalue weighted by molar-refractivity contribution is -0.131. The predicted octanol–water partition coefficient (Wildman–Crippen LogP) is 3.06. The molecule has 0 atom stereocenters. The van der Waals surface area contributed by atoms with E-state index in [0.29, 0.717) is 12.0 Å². The molecule has 0 bridgehead atoms. The molecule has 2 aromatic carbocycles. The molecule has 0 radical (unpaired) electrons. The van der Waals surface area contributed by atoms with Crippen LogP contribution in [0.5, 0.6) is 5.75 Å². The summed E-state index contributed by atoms with van der Waals surface area (Å²) in [6.07, 6.45) is 2.24. The zero-order valence-electron chi connectivity index (χ0n) is 18.8. The number of rotatable bonds is 7. The molecule has 0 aliphatic carbocycles. The van der Waals surface area contributed by atoms with Gasteiger partial charge in [0.1, 0.15) is 5.75 Å². The maximum Gasteiger partial charge on any atom is 0.253 e. The van der Waals surface area contributed by atoms with Crippen LogP contribution in [0.4, 0.5) is 0 Å². The van der Waals surface area contributed by atoms with Gasteiger partial charge in [0.2, 0.25) is 5.91 Å². The summed E-state index contributed by atoms with van der Waals surface area (Å²) in [5, 5.41) is 0. The first-order valence-corrected chi connectivity index (χ1v) is 10.9. The van der Waals surface area contributed by atoms with Gasteiger partial charge >= 0.3 is 0 Å². The third-order valence-electron chi connectivity index (χ3n) is 5.71. The molecule has 0 saturated carbocycles. The Morgan fingerprint density at radius 1 is 0.968 bits per heavy atom. The summed E-state index contributed by atoms with van der Waals surface area (Å²) in [5.41, 5.74) is 3.00. The number of nitrogens with zero attached hydrogens (tertiary/aromatic N) is 3. The molecule has 1 aliphatic heterocycles. The van der Waals surface area contributed by atoms with Crippen LogP contribution in [0.3, 0.4) is 0 Å². The molecule has 6 heteroatoms. The number of carbonyl (C=O) groups is 2. The summed E-state index contributed by atoms with van der Waals surface area (Å²) in [6, 6.07) is 15.8. The summed E-state index contributed by atoms with van der Waals surface area (Å²) in [4.78, 5) is 30.9. The van der Waals surface area contributed by atoms with Crippen molar-refractivity contribution in [2.75, 3.05) is 47.4 Å². The second-order valence-electron chi connectivity index (χ2n) is 8.26. The van der Waals surface area contributed by atoms with E-state index < -0.39 is 0 Å². The fourth-order valence-electron chi connectivity index (χ4n) is 3.90. The first kappa shape index (κ1) is 22.8. The SMILES string of the molecule is COc1ccc(CCC(=O)N2CCCN(Cc3cccc(C(=O)N(C)C)c3)CC2)cc1. The number of methoxy groups -OCH3 is 1. The highest BCUT2D eigenvalue weighted by atomic mass is 16.5. The molecule has 0 spiro atoms. The van der Waals surface area contributed by atoms with Crippen molar-refractivity contribution < 1.29 is 14.3 Å². The minimum atomic E-state index is 0.0198. The van der Waals surface area contributed by atoms with Crippen LogP contribution in [0, 0.1) is 0 Å². The fraction of sp³-hybridized carbons (Fsp3) is 0.440. The number of carbonyl (C=O) groups excluding carboxylic acids is 2. The Hall–Kier alpha value is -2.86. The molecule has 2 amide bonds. The zero-order valence-corrected chi connectivity index (χ0v) is 18.8. The average molecular weight is 424 g/mol. The van der Waals surface area contributed by atoms with Crippen LogP contribution < -0.4 is 4.74 Å². The van der Waals surface area contributed by atoms with Crippen molar-refractivity contribution >= 4 is 11.8 Å². The molecular formula is C25H33N3O3. The third kappa shape index (κ3) is 6.56. The molecule has 31 heavy (non-hydrogen) atoms. The van der Waals surface area contributed by atoms with Crippen molar-refractivity contribution in [3.8, 4) is 5.75 Å². The lowest BCUT2D eigenvalue weighted by Crippen LogP contribution is -2.35. The number of ether oxygens (including phenoxy) is 1. The normalized spacial score (nSPS) is 14.7. The van der Waals surface area contributed by atoms with Gasteiger partial charge in [0, 0.05) is 58.8 Å². The summed E-state index contributed by atoms with van der Waals surface area (Å²) >= 11 is 0. The van der Waals surface area contributed by atoms with E-state index >= 15 is 0 Å². The summed E-state index contributed by atoms with van der Waals surface area (Å²) in [5.74, 6) is 1.07. The molecule has 0 unspecified atom stereocenters. The van der Waals surface area contributed by atoms with E-state index in [4.69, 9.17) is 4.74 Å². The highest BCUT2D eigenvalue weighted by Crippen LogP contribution is 2.15. The molecule has 166 valence electrons. The number of benzene rings is 2. The predicted molar refractivity (Wildman–Crippen MR) is 122 cm³/mol. The lowest BCUT2D eigenvalue weighted by Gasteiger charge is -2.22. The van der Waals surface area contributed by atoms with Crippen molar-refractivity contribution in [3.63, 3.8) is 0 Å². The molecule has 1 heterocycles. The second-order valence-corrected chi connectivity index (χ2v) is 8.26. The molecular weight excluding hydrogens is 390 g/mol. The molecule has 6 nitrogen and oxygen atoms in total. The van der Waals surface area contributed by atoms with Gasteiger partial charge in [0.05, 0.1) is 7.11 Å². The Morgan fingerprint density at radius 2 is 1.74 bits per heavy atom. The Kier molecular flexibility index (Phi) is 8.06. The van der Waals surface area contributed by atoms with Crippen molar-refractivity contribution in [1.82, 2.24) is 14.7 Å². The Balaban J connectivity index is 1.50. The Labute approximate surface area is 185 Å². The maximum atomic E-state index is 12.7. The average Bonchev–Trinajstić information content (AvgIpc) is 3.03. The van der Waals surface area contributed by atoms with Gasteiger partial charge in [-0.1, -0.05) is 24.3 Å². The van der Waals surface area contributed by atoms with E-state index in [9.17, 15) is 9.59 Å². The zero-order chi connectivity index (χ0) is 22.2. The first-order valence-electron chi connectivity index (χ1n) is 10.9. The number of hydrogen-bond acceptors (Lipinski definition) is 4. The van der Waals surface area contributed by atoms with Crippen molar-refractivity contribution in [3.05, 3.63) is 65.2 Å². The third-order valence-corrected chi connectivity index (χ3v) is 5.71. The van der Waals surface area contributed by atoms with Gasteiger partial charge in [0.15, 0.2) is 0 Å². The van der Waals surface area contributed by atoms with Crippen LogP contribution in [0.2, 0.25) is 0 Å². The number of aryl methyl sites for hydroxylation is 1. The van der Waals surface area contributed by atoms with E-state index in [0.717, 1.165) is 62.4 Å².